The first kappa shape index (κ1) is 39.5. The van der Waals surface area contributed by atoms with Gasteiger partial charge in [-0.25, -0.2) is 0 Å². The molecule has 0 unspecified atom stereocenters. The predicted octanol–water partition coefficient (Wildman–Crippen LogP) is 19.8. The van der Waals surface area contributed by atoms with Crippen molar-refractivity contribution >= 4 is 86.7 Å². The molecule has 0 saturated heterocycles. The van der Waals surface area contributed by atoms with Crippen LogP contribution < -0.4 is 0 Å². The zero-order valence-electron chi connectivity index (χ0n) is 37.7. The Morgan fingerprint density at radius 1 is 0.188 bits per heavy atom. The minimum Gasteiger partial charge on any atom is -0.135 e. The maximum atomic E-state index is 2.45. The molecule has 14 aromatic rings. The van der Waals surface area contributed by atoms with Gasteiger partial charge in [0.25, 0.3) is 0 Å². The predicted molar refractivity (Wildman–Crippen MR) is 299 cm³/mol. The van der Waals surface area contributed by atoms with Crippen LogP contribution in [0.25, 0.3) is 141 Å². The molecule has 0 aliphatic rings. The van der Waals surface area contributed by atoms with Crippen molar-refractivity contribution in [2.45, 2.75) is 0 Å². The SMILES string of the molecule is c1ccc2cc(-c3c4ccccc4c(-c4ccc5ccccc5c4)c4cc(-c5ccc(-c6ccc(-c7c8ccccc8c(-c8cccc9ccccc89)c8ccccc78)cc6)s5)ccc34)ccc2c1. The molecule has 0 saturated carbocycles. The van der Waals surface area contributed by atoms with Gasteiger partial charge < -0.3 is 0 Å². The third-order valence-electron chi connectivity index (χ3n) is 14.4. The van der Waals surface area contributed by atoms with Crippen molar-refractivity contribution in [3.63, 3.8) is 0 Å². The van der Waals surface area contributed by atoms with Crippen molar-refractivity contribution in [2.75, 3.05) is 0 Å². The van der Waals surface area contributed by atoms with E-state index in [1.165, 1.54) is 141 Å². The first-order valence-electron chi connectivity index (χ1n) is 23.8. The Labute approximate surface area is 404 Å². The molecule has 13 aromatic carbocycles. The number of thiophene rings is 1. The Morgan fingerprint density at radius 3 is 1.13 bits per heavy atom. The van der Waals surface area contributed by atoms with Gasteiger partial charge in [0.2, 0.25) is 0 Å². The third kappa shape index (κ3) is 6.50. The normalized spacial score (nSPS) is 11.8. The Balaban J connectivity index is 0.896. The van der Waals surface area contributed by atoms with E-state index >= 15 is 0 Å². The van der Waals surface area contributed by atoms with Crippen molar-refractivity contribution in [1.29, 1.82) is 0 Å². The Bertz CT molecular complexity index is 4300. The number of benzene rings is 13. The zero-order chi connectivity index (χ0) is 45.4. The highest BCUT2D eigenvalue weighted by Crippen LogP contribution is 2.48. The summed E-state index contributed by atoms with van der Waals surface area (Å²) < 4.78 is 0. The molecular weight excluding hydrogens is 849 g/mol. The second kappa shape index (κ2) is 16.0. The van der Waals surface area contributed by atoms with Gasteiger partial charge >= 0.3 is 0 Å². The topological polar surface area (TPSA) is 0 Å². The van der Waals surface area contributed by atoms with Crippen molar-refractivity contribution < 1.29 is 0 Å². The second-order valence-electron chi connectivity index (χ2n) is 18.3. The van der Waals surface area contributed by atoms with Gasteiger partial charge in [-0.3, -0.25) is 0 Å². The van der Waals surface area contributed by atoms with Crippen molar-refractivity contribution in [2.24, 2.45) is 0 Å². The van der Waals surface area contributed by atoms with Gasteiger partial charge in [-0.2, -0.15) is 0 Å². The van der Waals surface area contributed by atoms with E-state index in [1.54, 1.807) is 0 Å². The molecule has 1 heterocycles. The molecule has 0 spiro atoms. The second-order valence-corrected chi connectivity index (χ2v) is 19.4. The maximum absolute atomic E-state index is 2.45. The van der Waals surface area contributed by atoms with E-state index in [0.717, 1.165) is 0 Å². The molecule has 0 aliphatic heterocycles. The lowest BCUT2D eigenvalue weighted by atomic mass is 9.84. The van der Waals surface area contributed by atoms with Gasteiger partial charge in [0.15, 0.2) is 0 Å². The minimum absolute atomic E-state index is 1.22. The molecule has 0 nitrogen and oxygen atoms in total. The molecule has 320 valence electrons. The molecule has 0 aliphatic carbocycles. The molecule has 0 bridgehead atoms. The minimum atomic E-state index is 1.22. The molecule has 0 amide bonds. The summed E-state index contributed by atoms with van der Waals surface area (Å²) in [6.07, 6.45) is 0. The van der Waals surface area contributed by atoms with E-state index in [1.807, 2.05) is 11.3 Å². The van der Waals surface area contributed by atoms with Crippen LogP contribution >= 0.6 is 11.3 Å². The van der Waals surface area contributed by atoms with Crippen LogP contribution in [0.4, 0.5) is 0 Å². The van der Waals surface area contributed by atoms with Crippen molar-refractivity contribution in [3.8, 4) is 65.4 Å². The highest BCUT2D eigenvalue weighted by molar-refractivity contribution is 7.18. The standard InChI is InChI=1S/C68H42S/c1-3-17-48-40-51(34-28-43(48)14-1)66-55-21-7-8-22-56(55)67(52-35-29-44-15-2-4-18-49(44)41-52)62-42-50(36-37-61(62)66)64-39-38-63(69-64)46-30-32-47(33-31-46)65-57-23-9-11-25-59(57)68(60-26-12-10-24-58(60)65)54-27-13-19-45-16-5-6-20-53(45)54/h1-42H. The summed E-state index contributed by atoms with van der Waals surface area (Å²) in [6, 6.07) is 94.7. The lowest BCUT2D eigenvalue weighted by Crippen LogP contribution is -1.92. The van der Waals surface area contributed by atoms with Crippen LogP contribution in [0.2, 0.25) is 0 Å². The lowest BCUT2D eigenvalue weighted by molar-refractivity contribution is 1.66. The Kier molecular flexibility index (Phi) is 9.18. The van der Waals surface area contributed by atoms with Gasteiger partial charge in [-0.15, -0.1) is 11.3 Å². The first-order chi connectivity index (χ1) is 34.2. The van der Waals surface area contributed by atoms with Gasteiger partial charge in [0.05, 0.1) is 0 Å². The van der Waals surface area contributed by atoms with Crippen LogP contribution in [0.3, 0.4) is 0 Å². The molecule has 0 N–H and O–H groups in total. The van der Waals surface area contributed by atoms with Gasteiger partial charge in [0.1, 0.15) is 0 Å². The van der Waals surface area contributed by atoms with E-state index in [4.69, 9.17) is 0 Å². The fourth-order valence-electron chi connectivity index (χ4n) is 11.3. The van der Waals surface area contributed by atoms with E-state index < -0.39 is 0 Å². The molecular formula is C68H42S. The number of hydrogen-bond donors (Lipinski definition) is 0. The average molecular weight is 891 g/mol. The smallest absolute Gasteiger partial charge is 0.0349 e. The summed E-state index contributed by atoms with van der Waals surface area (Å²) in [4.78, 5) is 2.50. The summed E-state index contributed by atoms with van der Waals surface area (Å²) in [5.41, 5.74) is 12.5. The lowest BCUT2D eigenvalue weighted by Gasteiger charge is -2.19. The fraction of sp³-hybridized carbons (Fsp3) is 0. The van der Waals surface area contributed by atoms with E-state index in [0.29, 0.717) is 0 Å². The molecule has 1 heteroatoms. The Hall–Kier alpha value is -8.62. The summed E-state index contributed by atoms with van der Waals surface area (Å²) in [7, 11) is 0. The van der Waals surface area contributed by atoms with Crippen molar-refractivity contribution in [3.05, 3.63) is 255 Å². The summed E-state index contributed by atoms with van der Waals surface area (Å²) in [5, 5.41) is 17.6. The summed E-state index contributed by atoms with van der Waals surface area (Å²) >= 11 is 1.86. The molecule has 1 aromatic heterocycles. The highest BCUT2D eigenvalue weighted by atomic mass is 32.1. The highest BCUT2D eigenvalue weighted by Gasteiger charge is 2.21. The maximum Gasteiger partial charge on any atom is 0.0349 e. The van der Waals surface area contributed by atoms with Gasteiger partial charge in [0, 0.05) is 9.75 Å². The Morgan fingerprint density at radius 2 is 0.565 bits per heavy atom. The van der Waals surface area contributed by atoms with Crippen LogP contribution in [-0.2, 0) is 0 Å². The van der Waals surface area contributed by atoms with Crippen LogP contribution in [0.5, 0.6) is 0 Å². The monoisotopic (exact) mass is 890 g/mol. The molecule has 0 radical (unpaired) electrons. The van der Waals surface area contributed by atoms with E-state index in [-0.39, 0.29) is 0 Å². The zero-order valence-corrected chi connectivity index (χ0v) is 38.5. The average Bonchev–Trinajstić information content (AvgIpc) is 3.92. The molecule has 14 rings (SSSR count). The fourth-order valence-corrected chi connectivity index (χ4v) is 12.3. The number of fused-ring (bicyclic) bond motifs is 7. The molecule has 0 fully saturated rings. The van der Waals surface area contributed by atoms with E-state index in [2.05, 4.69) is 255 Å². The van der Waals surface area contributed by atoms with Crippen LogP contribution in [0.15, 0.2) is 255 Å². The largest absolute Gasteiger partial charge is 0.135 e. The molecule has 0 atom stereocenters. The first-order valence-corrected chi connectivity index (χ1v) is 24.6. The van der Waals surface area contributed by atoms with Crippen LogP contribution in [0.1, 0.15) is 0 Å². The quantitative estimate of drug-likeness (QED) is 0.146. The summed E-state index contributed by atoms with van der Waals surface area (Å²) in [5.74, 6) is 0. The summed E-state index contributed by atoms with van der Waals surface area (Å²) in [6.45, 7) is 0. The van der Waals surface area contributed by atoms with Crippen LogP contribution in [-0.4, -0.2) is 0 Å². The molecule has 69 heavy (non-hydrogen) atoms. The van der Waals surface area contributed by atoms with Gasteiger partial charge in [-0.1, -0.05) is 224 Å². The number of hydrogen-bond acceptors (Lipinski definition) is 1. The van der Waals surface area contributed by atoms with Crippen molar-refractivity contribution in [1.82, 2.24) is 0 Å². The van der Waals surface area contributed by atoms with Gasteiger partial charge in [-0.05, 0) is 161 Å². The van der Waals surface area contributed by atoms with Crippen LogP contribution in [0, 0.1) is 0 Å². The number of rotatable bonds is 6. The van der Waals surface area contributed by atoms with E-state index in [9.17, 15) is 0 Å². The third-order valence-corrected chi connectivity index (χ3v) is 15.6.